The molecule has 7 heteroatoms. The first-order valence-corrected chi connectivity index (χ1v) is 9.88. The summed E-state index contributed by atoms with van der Waals surface area (Å²) in [5.41, 5.74) is 0.722. The van der Waals surface area contributed by atoms with E-state index in [1.165, 1.54) is 4.31 Å². The topological polar surface area (TPSA) is 66.5 Å². The van der Waals surface area contributed by atoms with Gasteiger partial charge in [0.15, 0.2) is 0 Å². The van der Waals surface area contributed by atoms with Gasteiger partial charge in [-0.25, -0.2) is 8.42 Å². The number of rotatable bonds is 9. The van der Waals surface area contributed by atoms with Crippen LogP contribution in [-0.4, -0.2) is 38.0 Å². The van der Waals surface area contributed by atoms with Crippen LogP contribution in [0.15, 0.2) is 24.3 Å². The number of benzene rings is 1. The first-order valence-electron chi connectivity index (χ1n) is 7.65. The zero-order valence-electron chi connectivity index (χ0n) is 13.9. The first-order chi connectivity index (χ1) is 10.7. The van der Waals surface area contributed by atoms with E-state index < -0.39 is 10.0 Å². The lowest BCUT2D eigenvalue weighted by molar-refractivity contribution is -0.121. The van der Waals surface area contributed by atoms with Crippen molar-refractivity contribution in [1.82, 2.24) is 9.62 Å². The van der Waals surface area contributed by atoms with Gasteiger partial charge in [-0.1, -0.05) is 43.6 Å². The molecule has 0 atom stereocenters. The maximum Gasteiger partial charge on any atom is 0.221 e. The Labute approximate surface area is 144 Å². The molecule has 130 valence electrons. The zero-order valence-corrected chi connectivity index (χ0v) is 15.5. The van der Waals surface area contributed by atoms with Crippen LogP contribution < -0.4 is 5.32 Å². The largest absolute Gasteiger partial charge is 0.356 e. The molecule has 1 N–H and O–H groups in total. The second-order valence-electron chi connectivity index (χ2n) is 5.97. The molecule has 0 aliphatic rings. The van der Waals surface area contributed by atoms with E-state index in [9.17, 15) is 13.2 Å². The van der Waals surface area contributed by atoms with Crippen LogP contribution in [0.3, 0.4) is 0 Å². The summed E-state index contributed by atoms with van der Waals surface area (Å²) in [4.78, 5) is 11.8. The third-order valence-corrected chi connectivity index (χ3v) is 5.02. The summed E-state index contributed by atoms with van der Waals surface area (Å²) in [6, 6.07) is 7.10. The smallest absolute Gasteiger partial charge is 0.221 e. The number of carbonyl (C=O) groups excluding carboxylic acids is 1. The minimum absolute atomic E-state index is 0.135. The predicted molar refractivity (Wildman–Crippen MR) is 93.8 cm³/mol. The summed E-state index contributed by atoms with van der Waals surface area (Å²) >= 11 is 6.08. The van der Waals surface area contributed by atoms with Crippen molar-refractivity contribution >= 4 is 27.5 Å². The van der Waals surface area contributed by atoms with E-state index in [4.69, 9.17) is 11.6 Å². The van der Waals surface area contributed by atoms with Crippen LogP contribution in [0, 0.1) is 5.92 Å². The second-order valence-corrected chi connectivity index (χ2v) is 8.36. The van der Waals surface area contributed by atoms with Gasteiger partial charge < -0.3 is 5.32 Å². The fourth-order valence-corrected chi connectivity index (χ4v) is 2.99. The number of hydrogen-bond acceptors (Lipinski definition) is 3. The van der Waals surface area contributed by atoms with Gasteiger partial charge in [-0.15, -0.1) is 0 Å². The standard InChI is InChI=1S/C16H25ClN2O3S/c1-13(2)8-10-18-16(20)9-11-19(23(3,21)22)12-14-6-4-5-7-15(14)17/h4-7,13H,8-12H2,1-3H3,(H,18,20). The minimum Gasteiger partial charge on any atom is -0.356 e. The Hall–Kier alpha value is -1.11. The molecule has 1 aromatic rings. The van der Waals surface area contributed by atoms with Gasteiger partial charge in [-0.05, 0) is 24.0 Å². The number of nitrogens with one attached hydrogen (secondary N) is 1. The summed E-state index contributed by atoms with van der Waals surface area (Å²) in [6.07, 6.45) is 2.18. The third-order valence-electron chi connectivity index (χ3n) is 3.41. The normalized spacial score (nSPS) is 11.9. The SMILES string of the molecule is CC(C)CCNC(=O)CCN(Cc1ccccc1Cl)S(C)(=O)=O. The van der Waals surface area contributed by atoms with Crippen LogP contribution in [0.25, 0.3) is 0 Å². The number of carbonyl (C=O) groups is 1. The van der Waals surface area contributed by atoms with Gasteiger partial charge in [-0.2, -0.15) is 4.31 Å². The summed E-state index contributed by atoms with van der Waals surface area (Å²) < 4.78 is 25.1. The van der Waals surface area contributed by atoms with Gasteiger partial charge in [0.25, 0.3) is 0 Å². The van der Waals surface area contributed by atoms with E-state index in [1.54, 1.807) is 24.3 Å². The number of nitrogens with zero attached hydrogens (tertiary/aromatic N) is 1. The molecule has 0 heterocycles. The average molecular weight is 361 g/mol. The van der Waals surface area contributed by atoms with Crippen LogP contribution >= 0.6 is 11.6 Å². The van der Waals surface area contributed by atoms with Crippen molar-refractivity contribution in [2.24, 2.45) is 5.92 Å². The highest BCUT2D eigenvalue weighted by atomic mass is 35.5. The molecule has 0 radical (unpaired) electrons. The van der Waals surface area contributed by atoms with E-state index in [2.05, 4.69) is 19.2 Å². The molecule has 1 rings (SSSR count). The van der Waals surface area contributed by atoms with E-state index in [0.29, 0.717) is 17.5 Å². The van der Waals surface area contributed by atoms with Crippen molar-refractivity contribution in [2.45, 2.75) is 33.2 Å². The van der Waals surface area contributed by atoms with Crippen LogP contribution in [-0.2, 0) is 21.4 Å². The molecule has 0 saturated heterocycles. The molecule has 0 aliphatic heterocycles. The number of sulfonamides is 1. The van der Waals surface area contributed by atoms with Crippen molar-refractivity contribution in [3.8, 4) is 0 Å². The lowest BCUT2D eigenvalue weighted by atomic mass is 10.1. The van der Waals surface area contributed by atoms with Crippen molar-refractivity contribution in [3.63, 3.8) is 0 Å². The predicted octanol–water partition coefficient (Wildman–Crippen LogP) is 2.65. The molecule has 5 nitrogen and oxygen atoms in total. The molecular formula is C16H25ClN2O3S. The Bertz CT molecular complexity index is 618. The van der Waals surface area contributed by atoms with Crippen LogP contribution in [0.4, 0.5) is 0 Å². The molecule has 1 aromatic carbocycles. The van der Waals surface area contributed by atoms with Gasteiger partial charge in [0.2, 0.25) is 15.9 Å². The molecule has 0 unspecified atom stereocenters. The molecule has 0 spiro atoms. The third kappa shape index (κ3) is 7.81. The highest BCUT2D eigenvalue weighted by Crippen LogP contribution is 2.18. The Morgan fingerprint density at radius 2 is 1.96 bits per heavy atom. The molecular weight excluding hydrogens is 336 g/mol. The van der Waals surface area contributed by atoms with Gasteiger partial charge >= 0.3 is 0 Å². The van der Waals surface area contributed by atoms with Gasteiger partial charge in [-0.3, -0.25) is 4.79 Å². The lowest BCUT2D eigenvalue weighted by Gasteiger charge is -2.20. The highest BCUT2D eigenvalue weighted by Gasteiger charge is 2.19. The molecule has 1 amide bonds. The highest BCUT2D eigenvalue weighted by molar-refractivity contribution is 7.88. The maximum absolute atomic E-state index is 11.9. The van der Waals surface area contributed by atoms with E-state index in [1.807, 2.05) is 0 Å². The monoisotopic (exact) mass is 360 g/mol. The van der Waals surface area contributed by atoms with Crippen LogP contribution in [0.5, 0.6) is 0 Å². The van der Waals surface area contributed by atoms with Crippen molar-refractivity contribution < 1.29 is 13.2 Å². The average Bonchev–Trinajstić information content (AvgIpc) is 2.43. The fraction of sp³-hybridized carbons (Fsp3) is 0.562. The molecule has 23 heavy (non-hydrogen) atoms. The van der Waals surface area contributed by atoms with Crippen LogP contribution in [0.1, 0.15) is 32.3 Å². The van der Waals surface area contributed by atoms with Crippen molar-refractivity contribution in [3.05, 3.63) is 34.9 Å². The fourth-order valence-electron chi connectivity index (χ4n) is 1.99. The summed E-state index contributed by atoms with van der Waals surface area (Å²) in [5.74, 6) is 0.376. The maximum atomic E-state index is 11.9. The summed E-state index contributed by atoms with van der Waals surface area (Å²) in [5, 5.41) is 3.33. The quantitative estimate of drug-likeness (QED) is 0.736. The molecule has 0 aliphatic carbocycles. The van der Waals surface area contributed by atoms with Gasteiger partial charge in [0, 0.05) is 31.1 Å². The van der Waals surface area contributed by atoms with Crippen molar-refractivity contribution in [1.29, 1.82) is 0 Å². The Morgan fingerprint density at radius 3 is 2.52 bits per heavy atom. The lowest BCUT2D eigenvalue weighted by Crippen LogP contribution is -2.34. The number of amides is 1. The van der Waals surface area contributed by atoms with Crippen LogP contribution in [0.2, 0.25) is 5.02 Å². The molecule has 0 fully saturated rings. The minimum atomic E-state index is -3.41. The Kier molecular flexibility index (Phi) is 8.02. The molecule has 0 saturated carbocycles. The van der Waals surface area contributed by atoms with E-state index >= 15 is 0 Å². The van der Waals surface area contributed by atoms with Gasteiger partial charge in [0.05, 0.1) is 6.26 Å². The zero-order chi connectivity index (χ0) is 17.5. The van der Waals surface area contributed by atoms with E-state index in [-0.39, 0.29) is 25.4 Å². The van der Waals surface area contributed by atoms with E-state index in [0.717, 1.165) is 18.2 Å². The first kappa shape index (κ1) is 19.9. The number of halogens is 1. The molecule has 0 bridgehead atoms. The van der Waals surface area contributed by atoms with Gasteiger partial charge in [0.1, 0.15) is 0 Å². The van der Waals surface area contributed by atoms with Crippen molar-refractivity contribution in [2.75, 3.05) is 19.3 Å². The summed E-state index contributed by atoms with van der Waals surface area (Å²) in [7, 11) is -3.41. The molecule has 0 aromatic heterocycles. The summed E-state index contributed by atoms with van der Waals surface area (Å²) in [6.45, 7) is 5.08. The second kappa shape index (κ2) is 9.25. The Morgan fingerprint density at radius 1 is 1.30 bits per heavy atom. The number of hydrogen-bond donors (Lipinski definition) is 1. The Balaban J connectivity index is 2.60.